The topological polar surface area (TPSA) is 26.3 Å². The first-order chi connectivity index (χ1) is 6.67. The van der Waals surface area contributed by atoms with Crippen LogP contribution >= 0.6 is 38.5 Å². The van der Waals surface area contributed by atoms with Gasteiger partial charge in [0, 0.05) is 15.6 Å². The minimum Gasteiger partial charge on any atom is -0.496 e. The van der Waals surface area contributed by atoms with Crippen LogP contribution in [-0.4, -0.2) is 18.2 Å². The predicted octanol–water partition coefficient (Wildman–Crippen LogP) is 2.81. The second kappa shape index (κ2) is 5.70. The summed E-state index contributed by atoms with van der Waals surface area (Å²) in [7, 11) is 1.62. The molecule has 0 spiro atoms. The van der Waals surface area contributed by atoms with Crippen molar-refractivity contribution in [2.24, 2.45) is 0 Å². The van der Waals surface area contributed by atoms with Crippen LogP contribution in [0.3, 0.4) is 0 Å². The van der Waals surface area contributed by atoms with Crippen LogP contribution in [0, 0.1) is 3.57 Å². The predicted molar refractivity (Wildman–Crippen MR) is 68.2 cm³/mol. The Morgan fingerprint density at radius 2 is 2.29 bits per heavy atom. The van der Waals surface area contributed by atoms with E-state index in [9.17, 15) is 4.79 Å². The number of hydrogen-bond acceptors (Lipinski definition) is 2. The van der Waals surface area contributed by atoms with E-state index >= 15 is 0 Å². The van der Waals surface area contributed by atoms with Crippen molar-refractivity contribution in [2.45, 2.75) is 6.42 Å². The minimum absolute atomic E-state index is 0.157. The molecule has 76 valence electrons. The molecule has 0 N–H and O–H groups in total. The van der Waals surface area contributed by atoms with E-state index in [1.165, 1.54) is 0 Å². The van der Waals surface area contributed by atoms with Gasteiger partial charge in [-0.1, -0.05) is 22.0 Å². The maximum absolute atomic E-state index is 11.2. The lowest BCUT2D eigenvalue weighted by Gasteiger charge is -2.07. The average Bonchev–Trinajstić information content (AvgIpc) is 2.20. The molecular formula is C10H10BrIO2. The summed E-state index contributed by atoms with van der Waals surface area (Å²) in [5.41, 5.74) is 0.942. The number of methoxy groups -OCH3 is 1. The largest absolute Gasteiger partial charge is 0.496 e. The number of rotatable bonds is 4. The molecule has 0 atom stereocenters. The Kier molecular flexibility index (Phi) is 4.88. The van der Waals surface area contributed by atoms with Crippen LogP contribution in [0.4, 0.5) is 0 Å². The Bertz CT molecular complexity index is 339. The molecule has 0 aliphatic carbocycles. The van der Waals surface area contributed by atoms with E-state index in [0.29, 0.717) is 11.8 Å². The zero-order chi connectivity index (χ0) is 10.6. The van der Waals surface area contributed by atoms with Crippen molar-refractivity contribution >= 4 is 44.3 Å². The van der Waals surface area contributed by atoms with Gasteiger partial charge < -0.3 is 4.74 Å². The van der Waals surface area contributed by atoms with Gasteiger partial charge in [0.05, 0.1) is 12.4 Å². The van der Waals surface area contributed by atoms with Gasteiger partial charge in [0.2, 0.25) is 0 Å². The van der Waals surface area contributed by atoms with Crippen molar-refractivity contribution in [1.29, 1.82) is 0 Å². The molecule has 0 unspecified atom stereocenters. The first-order valence-electron chi connectivity index (χ1n) is 4.07. The lowest BCUT2D eigenvalue weighted by molar-refractivity contribution is -0.115. The Morgan fingerprint density at radius 1 is 1.57 bits per heavy atom. The fourth-order valence-corrected chi connectivity index (χ4v) is 1.78. The Hall–Kier alpha value is -0.100. The molecule has 1 aromatic carbocycles. The molecule has 1 aromatic rings. The first-order valence-corrected chi connectivity index (χ1v) is 6.27. The number of hydrogen-bond donors (Lipinski definition) is 0. The number of ether oxygens (including phenoxy) is 1. The van der Waals surface area contributed by atoms with Crippen LogP contribution in [0.5, 0.6) is 5.75 Å². The monoisotopic (exact) mass is 368 g/mol. The number of carbonyl (C=O) groups excluding carboxylic acids is 1. The van der Waals surface area contributed by atoms with E-state index in [2.05, 4.69) is 38.5 Å². The third-order valence-electron chi connectivity index (χ3n) is 1.79. The molecule has 0 fully saturated rings. The normalized spacial score (nSPS) is 9.93. The lowest BCUT2D eigenvalue weighted by Crippen LogP contribution is -2.05. The summed E-state index contributed by atoms with van der Waals surface area (Å²) in [6, 6.07) is 5.83. The van der Waals surface area contributed by atoms with Gasteiger partial charge in [-0.15, -0.1) is 0 Å². The van der Waals surface area contributed by atoms with Crippen LogP contribution in [0.1, 0.15) is 5.56 Å². The SMILES string of the molecule is COc1cc(I)ccc1CC(=O)CBr. The number of benzene rings is 1. The van der Waals surface area contributed by atoms with Crippen molar-refractivity contribution in [3.05, 3.63) is 27.3 Å². The fourth-order valence-electron chi connectivity index (χ4n) is 1.12. The van der Waals surface area contributed by atoms with E-state index in [1.807, 2.05) is 18.2 Å². The summed E-state index contributed by atoms with van der Waals surface area (Å²) in [5.74, 6) is 0.940. The van der Waals surface area contributed by atoms with Crippen molar-refractivity contribution < 1.29 is 9.53 Å². The Morgan fingerprint density at radius 3 is 2.86 bits per heavy atom. The second-order valence-electron chi connectivity index (χ2n) is 2.81. The van der Waals surface area contributed by atoms with E-state index < -0.39 is 0 Å². The molecule has 0 heterocycles. The summed E-state index contributed by atoms with van der Waals surface area (Å²) in [4.78, 5) is 11.2. The molecule has 0 bridgehead atoms. The molecule has 0 saturated carbocycles. The summed E-state index contributed by atoms with van der Waals surface area (Å²) in [6.07, 6.45) is 0.422. The van der Waals surface area contributed by atoms with Gasteiger partial charge >= 0.3 is 0 Å². The summed E-state index contributed by atoms with van der Waals surface area (Å²) < 4.78 is 6.31. The first kappa shape index (κ1) is 12.0. The molecule has 2 nitrogen and oxygen atoms in total. The van der Waals surface area contributed by atoms with Crippen molar-refractivity contribution in [2.75, 3.05) is 12.4 Å². The number of Topliss-reactive ketones (excluding diaryl/α,β-unsaturated/α-hetero) is 1. The third-order valence-corrected chi connectivity index (χ3v) is 3.08. The van der Waals surface area contributed by atoms with Crippen LogP contribution in [0.2, 0.25) is 0 Å². The second-order valence-corrected chi connectivity index (χ2v) is 4.61. The third kappa shape index (κ3) is 3.24. The molecule has 0 aliphatic rings. The quantitative estimate of drug-likeness (QED) is 0.603. The molecule has 0 radical (unpaired) electrons. The van der Waals surface area contributed by atoms with Gasteiger partial charge in [0.1, 0.15) is 11.5 Å². The molecule has 0 aromatic heterocycles. The molecular weight excluding hydrogens is 359 g/mol. The van der Waals surface area contributed by atoms with Gasteiger partial charge in [-0.25, -0.2) is 0 Å². The van der Waals surface area contributed by atoms with Crippen LogP contribution < -0.4 is 4.74 Å². The molecule has 0 amide bonds. The molecule has 0 saturated heterocycles. The van der Waals surface area contributed by atoms with E-state index in [1.54, 1.807) is 7.11 Å². The molecule has 0 aliphatic heterocycles. The Balaban J connectivity index is 2.90. The zero-order valence-corrected chi connectivity index (χ0v) is 11.5. The molecule has 1 rings (SSSR count). The van der Waals surface area contributed by atoms with Crippen molar-refractivity contribution in [3.63, 3.8) is 0 Å². The summed E-state index contributed by atoms with van der Waals surface area (Å²) in [5, 5.41) is 0.391. The lowest BCUT2D eigenvalue weighted by atomic mass is 10.1. The molecule has 4 heteroatoms. The zero-order valence-electron chi connectivity index (χ0n) is 7.72. The number of ketones is 1. The van der Waals surface area contributed by atoms with Crippen molar-refractivity contribution in [1.82, 2.24) is 0 Å². The van der Waals surface area contributed by atoms with Gasteiger partial charge in [0.15, 0.2) is 0 Å². The smallest absolute Gasteiger partial charge is 0.147 e. The maximum Gasteiger partial charge on any atom is 0.147 e. The number of alkyl halides is 1. The van der Waals surface area contributed by atoms with Gasteiger partial charge in [-0.2, -0.15) is 0 Å². The summed E-state index contributed by atoms with van der Waals surface area (Å²) >= 11 is 5.36. The number of halogens is 2. The average molecular weight is 369 g/mol. The van der Waals surface area contributed by atoms with E-state index in [-0.39, 0.29) is 5.78 Å². The van der Waals surface area contributed by atoms with Gasteiger partial charge in [0.25, 0.3) is 0 Å². The van der Waals surface area contributed by atoms with Crippen LogP contribution in [0.15, 0.2) is 18.2 Å². The fraction of sp³-hybridized carbons (Fsp3) is 0.300. The maximum atomic E-state index is 11.2. The van der Waals surface area contributed by atoms with Gasteiger partial charge in [-0.3, -0.25) is 4.79 Å². The van der Waals surface area contributed by atoms with Crippen LogP contribution in [0.25, 0.3) is 0 Å². The summed E-state index contributed by atoms with van der Waals surface area (Å²) in [6.45, 7) is 0. The number of carbonyl (C=O) groups is 1. The highest BCUT2D eigenvalue weighted by Crippen LogP contribution is 2.22. The Labute approximate surface area is 105 Å². The molecule has 14 heavy (non-hydrogen) atoms. The standard InChI is InChI=1S/C10H10BrIO2/c1-14-10-5-8(12)3-2-7(10)4-9(13)6-11/h2-3,5H,4,6H2,1H3. The van der Waals surface area contributed by atoms with Crippen molar-refractivity contribution in [3.8, 4) is 5.75 Å². The minimum atomic E-state index is 0.157. The highest BCUT2D eigenvalue weighted by atomic mass is 127. The van der Waals surface area contributed by atoms with Crippen LogP contribution in [-0.2, 0) is 11.2 Å². The van der Waals surface area contributed by atoms with E-state index in [0.717, 1.165) is 14.9 Å². The highest BCUT2D eigenvalue weighted by molar-refractivity contribution is 14.1. The van der Waals surface area contributed by atoms with Gasteiger partial charge in [-0.05, 0) is 34.7 Å². The van der Waals surface area contributed by atoms with E-state index in [4.69, 9.17) is 4.74 Å². The highest BCUT2D eigenvalue weighted by Gasteiger charge is 2.07.